The van der Waals surface area contributed by atoms with Gasteiger partial charge < -0.3 is 15.0 Å². The van der Waals surface area contributed by atoms with Crippen molar-refractivity contribution in [3.63, 3.8) is 0 Å². The Balaban J connectivity index is 2.68. The minimum Gasteiger partial charge on any atom is -0.465 e. The summed E-state index contributed by atoms with van der Waals surface area (Å²) in [6.45, 7) is 1.50. The van der Waals surface area contributed by atoms with Crippen molar-refractivity contribution in [3.8, 4) is 0 Å². The van der Waals surface area contributed by atoms with Crippen LogP contribution in [0.25, 0.3) is 0 Å². The van der Waals surface area contributed by atoms with Crippen LogP contribution in [0.3, 0.4) is 0 Å². The van der Waals surface area contributed by atoms with Gasteiger partial charge in [0.05, 0.1) is 12.7 Å². The largest absolute Gasteiger partial charge is 0.465 e. The lowest BCUT2D eigenvalue weighted by Gasteiger charge is -2.10. The van der Waals surface area contributed by atoms with Gasteiger partial charge >= 0.3 is 5.97 Å². The van der Waals surface area contributed by atoms with Crippen molar-refractivity contribution in [1.82, 2.24) is 10.2 Å². The Hall–Kier alpha value is -1.40. The molecule has 0 saturated carbocycles. The van der Waals surface area contributed by atoms with E-state index in [1.807, 2.05) is 14.1 Å². The number of nitrogens with one attached hydrogen (secondary N) is 1. The molecule has 0 fully saturated rings. The molecule has 1 aromatic rings. The molecule has 0 heterocycles. The summed E-state index contributed by atoms with van der Waals surface area (Å²) in [7, 11) is 5.28. The lowest BCUT2D eigenvalue weighted by molar-refractivity contribution is 0.0600. The third-order valence-electron chi connectivity index (χ3n) is 2.65. The Kier molecular flexibility index (Phi) is 6.67. The zero-order valence-electron chi connectivity index (χ0n) is 11.9. The maximum absolute atomic E-state index is 12.0. The molecule has 0 radical (unpaired) electrons. The first kappa shape index (κ1) is 16.7. The second-order valence-corrected chi connectivity index (χ2v) is 5.55. The van der Waals surface area contributed by atoms with Crippen LogP contribution in [0.1, 0.15) is 27.1 Å². The molecule has 1 amide bonds. The first-order valence-corrected chi connectivity index (χ1v) is 7.05. The highest BCUT2D eigenvalue weighted by molar-refractivity contribution is 9.10. The second kappa shape index (κ2) is 8.01. The highest BCUT2D eigenvalue weighted by atomic mass is 79.9. The monoisotopic (exact) mass is 342 g/mol. The molecule has 0 aliphatic heterocycles. The molecule has 110 valence electrons. The van der Waals surface area contributed by atoms with Crippen molar-refractivity contribution >= 4 is 27.8 Å². The zero-order valence-corrected chi connectivity index (χ0v) is 13.5. The van der Waals surface area contributed by atoms with Gasteiger partial charge in [-0.1, -0.05) is 15.9 Å². The Morgan fingerprint density at radius 1 is 1.25 bits per heavy atom. The molecular weight excluding hydrogens is 324 g/mol. The van der Waals surface area contributed by atoms with Crippen molar-refractivity contribution in [3.05, 3.63) is 33.8 Å². The summed E-state index contributed by atoms with van der Waals surface area (Å²) in [5.74, 6) is -0.664. The third kappa shape index (κ3) is 5.30. The van der Waals surface area contributed by atoms with E-state index in [0.717, 1.165) is 13.0 Å². The second-order valence-electron chi connectivity index (χ2n) is 4.63. The smallest absolute Gasteiger partial charge is 0.337 e. The minimum absolute atomic E-state index is 0.199. The van der Waals surface area contributed by atoms with Crippen molar-refractivity contribution in [2.24, 2.45) is 0 Å². The number of methoxy groups -OCH3 is 1. The van der Waals surface area contributed by atoms with Crippen LogP contribution in [0.5, 0.6) is 0 Å². The van der Waals surface area contributed by atoms with Crippen LogP contribution >= 0.6 is 15.9 Å². The molecule has 0 bridgehead atoms. The molecule has 0 aromatic heterocycles. The van der Waals surface area contributed by atoms with E-state index in [1.54, 1.807) is 12.1 Å². The van der Waals surface area contributed by atoms with E-state index in [1.165, 1.54) is 13.2 Å². The van der Waals surface area contributed by atoms with Crippen LogP contribution < -0.4 is 5.32 Å². The maximum atomic E-state index is 12.0. The van der Waals surface area contributed by atoms with Gasteiger partial charge in [0.15, 0.2) is 0 Å². The standard InChI is InChI=1S/C14H19BrN2O3/c1-17(2)6-4-5-16-13(18)10-7-11(14(19)20-3)9-12(15)8-10/h7-9H,4-6H2,1-3H3,(H,16,18). The fourth-order valence-corrected chi connectivity index (χ4v) is 2.15. The quantitative estimate of drug-likeness (QED) is 0.633. The summed E-state index contributed by atoms with van der Waals surface area (Å²) in [5, 5.41) is 2.83. The number of amides is 1. The lowest BCUT2D eigenvalue weighted by Crippen LogP contribution is -2.27. The molecule has 1 rings (SSSR count). The molecule has 0 saturated heterocycles. The molecule has 0 aliphatic rings. The number of ether oxygens (including phenoxy) is 1. The van der Waals surface area contributed by atoms with Gasteiger partial charge in [-0.3, -0.25) is 4.79 Å². The number of hydrogen-bond donors (Lipinski definition) is 1. The number of rotatable bonds is 6. The van der Waals surface area contributed by atoms with Gasteiger partial charge in [-0.25, -0.2) is 4.79 Å². The molecule has 1 N–H and O–H groups in total. The van der Waals surface area contributed by atoms with Gasteiger partial charge in [-0.05, 0) is 45.3 Å². The number of carbonyl (C=O) groups is 2. The van der Waals surface area contributed by atoms with Crippen molar-refractivity contribution in [2.45, 2.75) is 6.42 Å². The van der Waals surface area contributed by atoms with Crippen molar-refractivity contribution in [2.75, 3.05) is 34.3 Å². The SMILES string of the molecule is COC(=O)c1cc(Br)cc(C(=O)NCCCN(C)C)c1. The van der Waals surface area contributed by atoms with E-state index in [2.05, 4.69) is 30.9 Å². The van der Waals surface area contributed by atoms with Crippen LogP contribution in [-0.2, 0) is 4.74 Å². The van der Waals surface area contributed by atoms with Crippen LogP contribution in [0.15, 0.2) is 22.7 Å². The maximum Gasteiger partial charge on any atom is 0.337 e. The fraction of sp³-hybridized carbons (Fsp3) is 0.429. The Morgan fingerprint density at radius 2 is 1.90 bits per heavy atom. The summed E-state index contributed by atoms with van der Waals surface area (Å²) in [5.41, 5.74) is 0.782. The highest BCUT2D eigenvalue weighted by Crippen LogP contribution is 2.16. The van der Waals surface area contributed by atoms with Crippen molar-refractivity contribution < 1.29 is 14.3 Å². The average Bonchev–Trinajstić information content (AvgIpc) is 2.41. The molecule has 0 aliphatic carbocycles. The van der Waals surface area contributed by atoms with Crippen LogP contribution in [0.4, 0.5) is 0 Å². The van der Waals surface area contributed by atoms with E-state index in [0.29, 0.717) is 22.1 Å². The summed E-state index contributed by atoms with van der Waals surface area (Å²) >= 11 is 3.29. The summed E-state index contributed by atoms with van der Waals surface area (Å²) in [6.07, 6.45) is 0.872. The number of benzene rings is 1. The topological polar surface area (TPSA) is 58.6 Å². The molecule has 1 aromatic carbocycles. The summed E-state index contributed by atoms with van der Waals surface area (Å²) in [4.78, 5) is 25.6. The molecule has 20 heavy (non-hydrogen) atoms. The van der Waals surface area contributed by atoms with E-state index in [-0.39, 0.29) is 5.91 Å². The predicted octanol–water partition coefficient (Wildman–Crippen LogP) is 1.92. The average molecular weight is 343 g/mol. The minimum atomic E-state index is -0.465. The Morgan fingerprint density at radius 3 is 2.50 bits per heavy atom. The third-order valence-corrected chi connectivity index (χ3v) is 3.11. The van der Waals surface area contributed by atoms with E-state index >= 15 is 0 Å². The van der Waals surface area contributed by atoms with Gasteiger partial charge in [0.2, 0.25) is 0 Å². The van der Waals surface area contributed by atoms with E-state index < -0.39 is 5.97 Å². The number of esters is 1. The molecule has 0 unspecified atom stereocenters. The lowest BCUT2D eigenvalue weighted by atomic mass is 10.1. The van der Waals surface area contributed by atoms with Crippen molar-refractivity contribution in [1.29, 1.82) is 0 Å². The Labute approximate surface area is 127 Å². The fourth-order valence-electron chi connectivity index (χ4n) is 1.66. The molecule has 0 atom stereocenters. The van der Waals surface area contributed by atoms with E-state index in [9.17, 15) is 9.59 Å². The van der Waals surface area contributed by atoms with Crippen LogP contribution in [-0.4, -0.2) is 51.1 Å². The highest BCUT2D eigenvalue weighted by Gasteiger charge is 2.12. The predicted molar refractivity (Wildman–Crippen MR) is 81.0 cm³/mol. The molecule has 0 spiro atoms. The first-order chi connectivity index (χ1) is 9.43. The van der Waals surface area contributed by atoms with Gasteiger partial charge in [0.25, 0.3) is 5.91 Å². The number of nitrogens with zero attached hydrogens (tertiary/aromatic N) is 1. The van der Waals surface area contributed by atoms with Gasteiger partial charge in [-0.2, -0.15) is 0 Å². The van der Waals surface area contributed by atoms with E-state index in [4.69, 9.17) is 0 Å². The zero-order chi connectivity index (χ0) is 15.1. The number of hydrogen-bond acceptors (Lipinski definition) is 4. The normalized spacial score (nSPS) is 10.4. The molecule has 5 nitrogen and oxygen atoms in total. The van der Waals surface area contributed by atoms with Gasteiger partial charge in [0.1, 0.15) is 0 Å². The number of carbonyl (C=O) groups excluding carboxylic acids is 2. The van der Waals surface area contributed by atoms with Crippen LogP contribution in [0, 0.1) is 0 Å². The van der Waals surface area contributed by atoms with Gasteiger partial charge in [-0.15, -0.1) is 0 Å². The molecular formula is C14H19BrN2O3. The number of halogens is 1. The summed E-state index contributed by atoms with van der Waals surface area (Å²) in [6, 6.07) is 4.82. The van der Waals surface area contributed by atoms with Gasteiger partial charge in [0, 0.05) is 16.6 Å². The molecule has 6 heteroatoms. The first-order valence-electron chi connectivity index (χ1n) is 6.26. The van der Waals surface area contributed by atoms with Crippen LogP contribution in [0.2, 0.25) is 0 Å². The summed E-state index contributed by atoms with van der Waals surface area (Å²) < 4.78 is 5.32. The Bertz CT molecular complexity index is 489.